The number of ketones is 2. The average Bonchev–Trinajstić information content (AvgIpc) is 2.91. The van der Waals surface area contributed by atoms with Gasteiger partial charge in [-0.3, -0.25) is 28.8 Å². The second-order valence-corrected chi connectivity index (χ2v) is 12.3. The molecule has 234 valence electrons. The van der Waals surface area contributed by atoms with Crippen molar-refractivity contribution in [1.82, 2.24) is 10.6 Å². The number of carboxylic acids is 2. The summed E-state index contributed by atoms with van der Waals surface area (Å²) in [6, 6.07) is 0.519. The SMILES string of the molecule is CCC(CSCC(NC(=O)CCC(N)C(=O)O)C(=O)NCC(=O)O)C(=O)c1ccc(OCC(=O)C(C)(C)C)c(Cl)c1Cl. The first-order valence-electron chi connectivity index (χ1n) is 13.0. The van der Waals surface area contributed by atoms with Crippen molar-refractivity contribution in [2.45, 2.75) is 59.0 Å². The zero-order chi connectivity index (χ0) is 32.2. The molecule has 0 bridgehead atoms. The number of thioether (sulfide) groups is 1. The molecule has 0 aliphatic carbocycles. The first-order valence-corrected chi connectivity index (χ1v) is 14.9. The maximum absolute atomic E-state index is 13.3. The van der Waals surface area contributed by atoms with Crippen molar-refractivity contribution < 1.29 is 43.7 Å². The van der Waals surface area contributed by atoms with E-state index in [0.717, 1.165) is 0 Å². The molecule has 0 aliphatic heterocycles. The quantitative estimate of drug-likeness (QED) is 0.146. The van der Waals surface area contributed by atoms with Crippen molar-refractivity contribution in [3.05, 3.63) is 27.7 Å². The number of ether oxygens (including phenoxy) is 1. The third kappa shape index (κ3) is 12.2. The molecule has 0 spiro atoms. The summed E-state index contributed by atoms with van der Waals surface area (Å²) in [7, 11) is 0. The van der Waals surface area contributed by atoms with Crippen molar-refractivity contribution in [2.75, 3.05) is 24.7 Å². The topological polar surface area (TPSA) is 202 Å². The maximum atomic E-state index is 13.3. The fourth-order valence-corrected chi connectivity index (χ4v) is 5.01. The van der Waals surface area contributed by atoms with Crippen LogP contribution in [0.25, 0.3) is 0 Å². The van der Waals surface area contributed by atoms with Crippen molar-refractivity contribution in [1.29, 1.82) is 0 Å². The summed E-state index contributed by atoms with van der Waals surface area (Å²) in [4.78, 5) is 72.1. The van der Waals surface area contributed by atoms with Crippen LogP contribution in [0.4, 0.5) is 0 Å². The molecule has 0 aliphatic rings. The van der Waals surface area contributed by atoms with Gasteiger partial charge in [0, 0.05) is 34.8 Å². The van der Waals surface area contributed by atoms with Crippen molar-refractivity contribution in [3.8, 4) is 5.75 Å². The molecule has 1 rings (SSSR count). The van der Waals surface area contributed by atoms with Crippen LogP contribution in [0.3, 0.4) is 0 Å². The molecule has 42 heavy (non-hydrogen) atoms. The van der Waals surface area contributed by atoms with E-state index in [0.29, 0.717) is 6.42 Å². The lowest BCUT2D eigenvalue weighted by molar-refractivity contribution is -0.139. The number of Topliss-reactive ketones (excluding diaryl/α,β-unsaturated/α-hetero) is 2. The molecule has 12 nitrogen and oxygen atoms in total. The molecular formula is C27H37Cl2N3O9S. The summed E-state index contributed by atoms with van der Waals surface area (Å²) in [5, 5.41) is 22.4. The number of nitrogens with two attached hydrogens (primary N) is 1. The number of amides is 2. The monoisotopic (exact) mass is 649 g/mol. The Morgan fingerprint density at radius 2 is 1.69 bits per heavy atom. The largest absolute Gasteiger partial charge is 0.484 e. The van der Waals surface area contributed by atoms with Crippen LogP contribution < -0.4 is 21.1 Å². The Hall–Kier alpha value is -2.87. The van der Waals surface area contributed by atoms with Gasteiger partial charge in [-0.05, 0) is 25.0 Å². The molecule has 6 N–H and O–H groups in total. The second kappa shape index (κ2) is 17.3. The second-order valence-electron chi connectivity index (χ2n) is 10.4. The van der Waals surface area contributed by atoms with E-state index in [1.54, 1.807) is 27.7 Å². The van der Waals surface area contributed by atoms with Gasteiger partial charge in [-0.1, -0.05) is 50.9 Å². The number of rotatable bonds is 18. The summed E-state index contributed by atoms with van der Waals surface area (Å²) in [5.41, 5.74) is 4.96. The number of halogens is 2. The predicted octanol–water partition coefficient (Wildman–Crippen LogP) is 2.81. The Bertz CT molecular complexity index is 1170. The summed E-state index contributed by atoms with van der Waals surface area (Å²) in [5.74, 6) is -4.58. The van der Waals surface area contributed by atoms with Gasteiger partial charge in [0.05, 0.1) is 5.02 Å². The molecule has 0 radical (unpaired) electrons. The Kier molecular flexibility index (Phi) is 15.3. The van der Waals surface area contributed by atoms with Gasteiger partial charge in [0.25, 0.3) is 0 Å². The van der Waals surface area contributed by atoms with Gasteiger partial charge in [-0.15, -0.1) is 0 Å². The Labute approximate surface area is 258 Å². The highest BCUT2D eigenvalue weighted by Crippen LogP contribution is 2.36. The Morgan fingerprint density at radius 3 is 2.24 bits per heavy atom. The fourth-order valence-electron chi connectivity index (χ4n) is 3.27. The van der Waals surface area contributed by atoms with Crippen LogP contribution in [0.5, 0.6) is 5.75 Å². The number of aliphatic carboxylic acids is 2. The van der Waals surface area contributed by atoms with Gasteiger partial charge >= 0.3 is 11.9 Å². The van der Waals surface area contributed by atoms with Crippen LogP contribution in [-0.4, -0.2) is 82.3 Å². The van der Waals surface area contributed by atoms with Crippen LogP contribution in [0.2, 0.25) is 10.0 Å². The van der Waals surface area contributed by atoms with E-state index >= 15 is 0 Å². The van der Waals surface area contributed by atoms with Crippen LogP contribution in [0, 0.1) is 11.3 Å². The van der Waals surface area contributed by atoms with E-state index in [1.165, 1.54) is 23.9 Å². The van der Waals surface area contributed by atoms with Gasteiger partial charge < -0.3 is 31.3 Å². The summed E-state index contributed by atoms with van der Waals surface area (Å²) >= 11 is 13.9. The Morgan fingerprint density at radius 1 is 1.05 bits per heavy atom. The fraction of sp³-hybridized carbons (Fsp3) is 0.556. The van der Waals surface area contributed by atoms with Crippen LogP contribution in [-0.2, 0) is 24.0 Å². The molecule has 1 aromatic rings. The molecule has 2 amide bonds. The van der Waals surface area contributed by atoms with Crippen LogP contribution >= 0.6 is 35.0 Å². The van der Waals surface area contributed by atoms with E-state index < -0.39 is 53.7 Å². The molecule has 1 aromatic carbocycles. The van der Waals surface area contributed by atoms with E-state index in [-0.39, 0.29) is 63.9 Å². The normalized spacial score (nSPS) is 13.4. The summed E-state index contributed by atoms with van der Waals surface area (Å²) in [6.07, 6.45) is -0.0160. The number of hydrogen-bond acceptors (Lipinski definition) is 9. The van der Waals surface area contributed by atoms with E-state index in [2.05, 4.69) is 10.6 Å². The number of hydrogen-bond donors (Lipinski definition) is 5. The van der Waals surface area contributed by atoms with E-state index in [4.69, 9.17) is 43.9 Å². The molecule has 3 unspecified atom stereocenters. The minimum atomic E-state index is -1.28. The summed E-state index contributed by atoms with van der Waals surface area (Å²) < 4.78 is 5.52. The first kappa shape index (κ1) is 37.2. The van der Waals surface area contributed by atoms with E-state index in [9.17, 15) is 28.8 Å². The molecule has 0 fully saturated rings. The zero-order valence-electron chi connectivity index (χ0n) is 23.8. The standard InChI is InChI=1S/C27H37Cl2N3O9S/c1-5-14(24(37)15-6-8-18(23(29)22(15)28)41-11-19(33)27(2,3)4)12-42-13-17(25(38)31-10-21(35)36)32-20(34)9-7-16(30)26(39)40/h6,8,14,16-17H,5,7,9-13,30H2,1-4H3,(H,31,38)(H,32,34)(H,35,36)(H,39,40). The summed E-state index contributed by atoms with van der Waals surface area (Å²) in [6.45, 7) is 6.18. The van der Waals surface area contributed by atoms with Crippen molar-refractivity contribution >= 4 is 70.3 Å². The van der Waals surface area contributed by atoms with Gasteiger partial charge in [-0.25, -0.2) is 0 Å². The minimum absolute atomic E-state index is 0.00493. The molecule has 15 heteroatoms. The third-order valence-electron chi connectivity index (χ3n) is 6.04. The van der Waals surface area contributed by atoms with Crippen molar-refractivity contribution in [3.63, 3.8) is 0 Å². The third-order valence-corrected chi connectivity index (χ3v) is 8.11. The number of benzene rings is 1. The highest BCUT2D eigenvalue weighted by atomic mass is 35.5. The van der Waals surface area contributed by atoms with E-state index in [1.807, 2.05) is 0 Å². The molecule has 0 saturated carbocycles. The van der Waals surface area contributed by atoms with Gasteiger partial charge in [-0.2, -0.15) is 11.8 Å². The minimum Gasteiger partial charge on any atom is -0.484 e. The predicted molar refractivity (Wildman–Crippen MR) is 159 cm³/mol. The molecule has 0 saturated heterocycles. The molecule has 0 aromatic heterocycles. The number of carbonyl (C=O) groups is 6. The molecular weight excluding hydrogens is 613 g/mol. The smallest absolute Gasteiger partial charge is 0.322 e. The lowest BCUT2D eigenvalue weighted by Gasteiger charge is -2.20. The highest BCUT2D eigenvalue weighted by molar-refractivity contribution is 7.99. The lowest BCUT2D eigenvalue weighted by atomic mass is 9.91. The molecule has 0 heterocycles. The lowest BCUT2D eigenvalue weighted by Crippen LogP contribution is -2.49. The van der Waals surface area contributed by atoms with Gasteiger partial charge in [0.1, 0.15) is 36.0 Å². The highest BCUT2D eigenvalue weighted by Gasteiger charge is 2.27. The van der Waals surface area contributed by atoms with Gasteiger partial charge in [0.15, 0.2) is 11.6 Å². The molecule has 3 atom stereocenters. The number of carboxylic acid groups (broad SMARTS) is 2. The maximum Gasteiger partial charge on any atom is 0.322 e. The first-order chi connectivity index (χ1) is 19.5. The number of nitrogens with one attached hydrogen (secondary N) is 2. The van der Waals surface area contributed by atoms with Crippen molar-refractivity contribution in [2.24, 2.45) is 17.1 Å². The number of carbonyl (C=O) groups excluding carboxylic acids is 4. The zero-order valence-corrected chi connectivity index (χ0v) is 26.2. The Balaban J connectivity index is 2.91. The van der Waals surface area contributed by atoms with Gasteiger partial charge in [0.2, 0.25) is 11.8 Å². The van der Waals surface area contributed by atoms with Crippen LogP contribution in [0.1, 0.15) is 57.3 Å². The average molecular weight is 651 g/mol. The van der Waals surface area contributed by atoms with Crippen LogP contribution in [0.15, 0.2) is 12.1 Å².